The maximum absolute atomic E-state index is 12.4. The van der Waals surface area contributed by atoms with Crippen molar-refractivity contribution in [2.45, 2.75) is 19.7 Å². The highest BCUT2D eigenvalue weighted by atomic mass is 19.4. The zero-order valence-corrected chi connectivity index (χ0v) is 11.3. The lowest BCUT2D eigenvalue weighted by Crippen LogP contribution is -2.17. The summed E-state index contributed by atoms with van der Waals surface area (Å²) in [6.07, 6.45) is -4.42. The molecule has 0 aliphatic carbocycles. The smallest absolute Gasteiger partial charge is 0.405 e. The van der Waals surface area contributed by atoms with Crippen molar-refractivity contribution in [1.82, 2.24) is 0 Å². The second-order valence-corrected chi connectivity index (χ2v) is 4.62. The molecule has 2 rings (SSSR count). The van der Waals surface area contributed by atoms with Gasteiger partial charge in [-0.2, -0.15) is 0 Å². The number of ketones is 1. The van der Waals surface area contributed by atoms with E-state index in [1.54, 1.807) is 36.4 Å². The average Bonchev–Trinajstić information content (AvgIpc) is 2.38. The molecule has 0 atom stereocenters. The standard InChI is InChI=1S/C16H13F3O2/c1-11(20)10-12-6-8-13(9-7-12)14-4-2-3-5-15(14)21-16(17,18)19/h2-9H,10H2,1H3. The Labute approximate surface area is 120 Å². The molecule has 2 aromatic rings. The molecule has 0 radical (unpaired) electrons. The summed E-state index contributed by atoms with van der Waals surface area (Å²) in [7, 11) is 0. The largest absolute Gasteiger partial charge is 0.573 e. The van der Waals surface area contributed by atoms with Gasteiger partial charge in [-0.1, -0.05) is 42.5 Å². The Bertz CT molecular complexity index is 631. The topological polar surface area (TPSA) is 26.3 Å². The minimum atomic E-state index is -4.73. The molecule has 0 amide bonds. The van der Waals surface area contributed by atoms with Gasteiger partial charge in [0.1, 0.15) is 11.5 Å². The van der Waals surface area contributed by atoms with Crippen LogP contribution in [0.3, 0.4) is 0 Å². The van der Waals surface area contributed by atoms with E-state index in [1.165, 1.54) is 19.1 Å². The van der Waals surface area contributed by atoms with Crippen LogP contribution in [0.1, 0.15) is 12.5 Å². The number of hydrogen-bond acceptors (Lipinski definition) is 2. The number of carbonyl (C=O) groups excluding carboxylic acids is 1. The van der Waals surface area contributed by atoms with Gasteiger partial charge in [-0.3, -0.25) is 4.79 Å². The first kappa shape index (κ1) is 15.1. The third-order valence-corrected chi connectivity index (χ3v) is 2.83. The van der Waals surface area contributed by atoms with Gasteiger partial charge < -0.3 is 4.74 Å². The first-order valence-electron chi connectivity index (χ1n) is 6.29. The Morgan fingerprint density at radius 1 is 1.05 bits per heavy atom. The van der Waals surface area contributed by atoms with Crippen molar-refractivity contribution in [2.75, 3.05) is 0 Å². The van der Waals surface area contributed by atoms with Gasteiger partial charge in [0.2, 0.25) is 0 Å². The first-order valence-corrected chi connectivity index (χ1v) is 6.29. The molecule has 0 saturated carbocycles. The van der Waals surface area contributed by atoms with Gasteiger partial charge in [0.15, 0.2) is 0 Å². The summed E-state index contributed by atoms with van der Waals surface area (Å²) >= 11 is 0. The molecule has 0 N–H and O–H groups in total. The molecular formula is C16H13F3O2. The van der Waals surface area contributed by atoms with Crippen LogP contribution in [-0.4, -0.2) is 12.1 Å². The van der Waals surface area contributed by atoms with E-state index in [0.717, 1.165) is 5.56 Å². The van der Waals surface area contributed by atoms with Crippen molar-refractivity contribution in [3.05, 3.63) is 54.1 Å². The van der Waals surface area contributed by atoms with Crippen LogP contribution in [0.2, 0.25) is 0 Å². The highest BCUT2D eigenvalue weighted by molar-refractivity contribution is 5.78. The monoisotopic (exact) mass is 294 g/mol. The fraction of sp³-hybridized carbons (Fsp3) is 0.188. The number of alkyl halides is 3. The molecule has 0 aromatic heterocycles. The predicted molar refractivity (Wildman–Crippen MR) is 72.9 cm³/mol. The van der Waals surface area contributed by atoms with Gasteiger partial charge in [0.05, 0.1) is 0 Å². The summed E-state index contributed by atoms with van der Waals surface area (Å²) in [6, 6.07) is 12.7. The average molecular weight is 294 g/mol. The van der Waals surface area contributed by atoms with E-state index in [-0.39, 0.29) is 11.5 Å². The van der Waals surface area contributed by atoms with Crippen molar-refractivity contribution >= 4 is 5.78 Å². The molecule has 0 bridgehead atoms. The Hall–Kier alpha value is -2.30. The van der Waals surface area contributed by atoms with E-state index in [2.05, 4.69) is 4.74 Å². The van der Waals surface area contributed by atoms with E-state index < -0.39 is 6.36 Å². The molecule has 21 heavy (non-hydrogen) atoms. The molecule has 110 valence electrons. The molecule has 0 spiro atoms. The molecule has 2 nitrogen and oxygen atoms in total. The van der Waals surface area contributed by atoms with Crippen LogP contribution >= 0.6 is 0 Å². The number of carbonyl (C=O) groups is 1. The Kier molecular flexibility index (Phi) is 4.31. The molecule has 0 aliphatic rings. The van der Waals surface area contributed by atoms with Gasteiger partial charge in [-0.15, -0.1) is 13.2 Å². The summed E-state index contributed by atoms with van der Waals surface area (Å²) in [5, 5.41) is 0. The van der Waals surface area contributed by atoms with Crippen molar-refractivity contribution in [3.8, 4) is 16.9 Å². The highest BCUT2D eigenvalue weighted by Crippen LogP contribution is 2.33. The zero-order chi connectivity index (χ0) is 15.5. The highest BCUT2D eigenvalue weighted by Gasteiger charge is 2.32. The van der Waals surface area contributed by atoms with Crippen LogP contribution in [-0.2, 0) is 11.2 Å². The summed E-state index contributed by atoms with van der Waals surface area (Å²) in [5.74, 6) is -0.215. The zero-order valence-electron chi connectivity index (χ0n) is 11.3. The van der Waals surface area contributed by atoms with Gasteiger partial charge >= 0.3 is 6.36 Å². The number of halogens is 3. The number of hydrogen-bond donors (Lipinski definition) is 0. The first-order chi connectivity index (χ1) is 9.85. The minimum absolute atomic E-state index is 0.0311. The SMILES string of the molecule is CC(=O)Cc1ccc(-c2ccccc2OC(F)(F)F)cc1. The lowest BCUT2D eigenvalue weighted by Gasteiger charge is -2.13. The van der Waals surface area contributed by atoms with Crippen molar-refractivity contribution in [2.24, 2.45) is 0 Å². The lowest BCUT2D eigenvalue weighted by atomic mass is 10.0. The molecular weight excluding hydrogens is 281 g/mol. The second kappa shape index (κ2) is 5.99. The van der Waals surface area contributed by atoms with Crippen LogP contribution < -0.4 is 4.74 Å². The quantitative estimate of drug-likeness (QED) is 0.836. The van der Waals surface area contributed by atoms with Crippen molar-refractivity contribution < 1.29 is 22.7 Å². The van der Waals surface area contributed by atoms with Crippen molar-refractivity contribution in [1.29, 1.82) is 0 Å². The Morgan fingerprint density at radius 3 is 2.24 bits per heavy atom. The third kappa shape index (κ3) is 4.34. The number of ether oxygens (including phenoxy) is 1. The van der Waals surface area contributed by atoms with E-state index >= 15 is 0 Å². The summed E-state index contributed by atoms with van der Waals surface area (Å²) in [5.41, 5.74) is 1.77. The van der Waals surface area contributed by atoms with Crippen molar-refractivity contribution in [3.63, 3.8) is 0 Å². The van der Waals surface area contributed by atoms with E-state index in [9.17, 15) is 18.0 Å². The summed E-state index contributed by atoms with van der Waals surface area (Å²) < 4.78 is 41.2. The number of rotatable bonds is 4. The molecule has 5 heteroatoms. The third-order valence-electron chi connectivity index (χ3n) is 2.83. The maximum atomic E-state index is 12.4. The van der Waals surface area contributed by atoms with Crippen LogP contribution in [0.4, 0.5) is 13.2 Å². The van der Waals surface area contributed by atoms with Crippen LogP contribution in [0, 0.1) is 0 Å². The number of Topliss-reactive ketones (excluding diaryl/α,β-unsaturated/α-hetero) is 1. The maximum Gasteiger partial charge on any atom is 0.573 e. The Morgan fingerprint density at radius 2 is 1.67 bits per heavy atom. The second-order valence-electron chi connectivity index (χ2n) is 4.62. The van der Waals surface area contributed by atoms with Gasteiger partial charge in [-0.25, -0.2) is 0 Å². The van der Waals surface area contributed by atoms with Gasteiger partial charge in [0, 0.05) is 12.0 Å². The summed E-state index contributed by atoms with van der Waals surface area (Å²) in [6.45, 7) is 1.49. The fourth-order valence-electron chi connectivity index (χ4n) is 2.01. The van der Waals surface area contributed by atoms with Gasteiger partial charge in [-0.05, 0) is 24.1 Å². The van der Waals surface area contributed by atoms with E-state index in [0.29, 0.717) is 17.5 Å². The van der Waals surface area contributed by atoms with E-state index in [4.69, 9.17) is 0 Å². The molecule has 0 saturated heterocycles. The Balaban J connectivity index is 2.31. The fourth-order valence-corrected chi connectivity index (χ4v) is 2.01. The predicted octanol–water partition coefficient (Wildman–Crippen LogP) is 4.38. The number of para-hydroxylation sites is 1. The van der Waals surface area contributed by atoms with E-state index in [1.807, 2.05) is 0 Å². The van der Waals surface area contributed by atoms with Crippen LogP contribution in [0.25, 0.3) is 11.1 Å². The molecule has 0 aliphatic heterocycles. The van der Waals surface area contributed by atoms with Crippen LogP contribution in [0.5, 0.6) is 5.75 Å². The lowest BCUT2D eigenvalue weighted by molar-refractivity contribution is -0.274. The van der Waals surface area contributed by atoms with Crippen LogP contribution in [0.15, 0.2) is 48.5 Å². The summed E-state index contributed by atoms with van der Waals surface area (Å²) in [4.78, 5) is 11.0. The molecule has 0 heterocycles. The molecule has 2 aromatic carbocycles. The normalized spacial score (nSPS) is 11.2. The minimum Gasteiger partial charge on any atom is -0.405 e. The number of benzene rings is 2. The van der Waals surface area contributed by atoms with Gasteiger partial charge in [0.25, 0.3) is 0 Å². The molecule has 0 unspecified atom stereocenters. The molecule has 0 fully saturated rings.